The number of aryl methyl sites for hydroxylation is 1. The Hall–Kier alpha value is -2.39. The minimum Gasteiger partial charge on any atom is -0.356 e. The topological polar surface area (TPSA) is 66.5 Å². The van der Waals surface area contributed by atoms with Gasteiger partial charge in [0.15, 0.2) is 0 Å². The predicted octanol–water partition coefficient (Wildman–Crippen LogP) is 4.56. The molecule has 1 N–H and O–H groups in total. The molecule has 9 heteroatoms. The third-order valence-corrected chi connectivity index (χ3v) is 7.70. The van der Waals surface area contributed by atoms with Gasteiger partial charge in [0.1, 0.15) is 0 Å². The number of rotatable bonds is 8. The highest BCUT2D eigenvalue weighted by atomic mass is 32.2. The van der Waals surface area contributed by atoms with Crippen molar-refractivity contribution >= 4 is 15.9 Å². The second-order valence-corrected chi connectivity index (χ2v) is 10.2. The number of alkyl halides is 3. The van der Waals surface area contributed by atoms with E-state index in [0.29, 0.717) is 38.0 Å². The number of hydrogen-bond donors (Lipinski definition) is 1. The highest BCUT2D eigenvalue weighted by molar-refractivity contribution is 7.89. The van der Waals surface area contributed by atoms with E-state index in [0.717, 1.165) is 43.4 Å². The zero-order valence-electron chi connectivity index (χ0n) is 18.4. The molecule has 2 aromatic carbocycles. The fourth-order valence-electron chi connectivity index (χ4n) is 3.81. The van der Waals surface area contributed by atoms with Crippen LogP contribution in [0.4, 0.5) is 13.2 Å². The van der Waals surface area contributed by atoms with Gasteiger partial charge in [-0.3, -0.25) is 4.79 Å². The maximum atomic E-state index is 12.8. The first-order valence-corrected chi connectivity index (χ1v) is 12.6. The quantitative estimate of drug-likeness (QED) is 0.600. The van der Waals surface area contributed by atoms with Crippen LogP contribution < -0.4 is 5.32 Å². The van der Waals surface area contributed by atoms with Crippen LogP contribution in [0, 0.1) is 0 Å². The van der Waals surface area contributed by atoms with Gasteiger partial charge in [-0.1, -0.05) is 37.1 Å². The molecule has 0 aliphatic carbocycles. The second kappa shape index (κ2) is 11.2. The van der Waals surface area contributed by atoms with Crippen molar-refractivity contribution in [2.24, 2.45) is 0 Å². The van der Waals surface area contributed by atoms with E-state index in [-0.39, 0.29) is 17.2 Å². The van der Waals surface area contributed by atoms with Gasteiger partial charge < -0.3 is 5.32 Å². The molecule has 0 atom stereocenters. The SMILES string of the molecule is O=C(CCc1ccc(S(=O)(=O)N2CCCCCC2)cc1)NCCc1ccc(C(F)(F)F)cc1. The lowest BCUT2D eigenvalue weighted by molar-refractivity contribution is -0.137. The van der Waals surface area contributed by atoms with Crippen molar-refractivity contribution in [3.05, 3.63) is 65.2 Å². The van der Waals surface area contributed by atoms with Crippen molar-refractivity contribution in [1.82, 2.24) is 9.62 Å². The molecule has 180 valence electrons. The summed E-state index contributed by atoms with van der Waals surface area (Å²) < 4.78 is 65.0. The van der Waals surface area contributed by atoms with Crippen molar-refractivity contribution in [2.75, 3.05) is 19.6 Å². The molecule has 33 heavy (non-hydrogen) atoms. The summed E-state index contributed by atoms with van der Waals surface area (Å²) in [5.74, 6) is -0.164. The Labute approximate surface area is 193 Å². The van der Waals surface area contributed by atoms with Crippen LogP contribution in [0.1, 0.15) is 48.8 Å². The van der Waals surface area contributed by atoms with Crippen LogP contribution in [0.25, 0.3) is 0 Å². The van der Waals surface area contributed by atoms with E-state index in [1.807, 2.05) is 0 Å². The molecule has 0 spiro atoms. The average molecular weight is 483 g/mol. The van der Waals surface area contributed by atoms with Crippen LogP contribution in [-0.2, 0) is 33.8 Å². The number of carbonyl (C=O) groups is 1. The maximum Gasteiger partial charge on any atom is 0.416 e. The number of amides is 1. The summed E-state index contributed by atoms with van der Waals surface area (Å²) in [6, 6.07) is 11.6. The molecule has 0 bridgehead atoms. The monoisotopic (exact) mass is 482 g/mol. The number of sulfonamides is 1. The first-order valence-electron chi connectivity index (χ1n) is 11.2. The van der Waals surface area contributed by atoms with Gasteiger partial charge >= 0.3 is 6.18 Å². The lowest BCUT2D eigenvalue weighted by Crippen LogP contribution is -2.31. The molecule has 1 fully saturated rings. The van der Waals surface area contributed by atoms with E-state index >= 15 is 0 Å². The highest BCUT2D eigenvalue weighted by Gasteiger charge is 2.30. The van der Waals surface area contributed by atoms with Crippen LogP contribution in [0.15, 0.2) is 53.4 Å². The van der Waals surface area contributed by atoms with Crippen molar-refractivity contribution in [3.8, 4) is 0 Å². The summed E-state index contributed by atoms with van der Waals surface area (Å²) in [5, 5.41) is 2.77. The fraction of sp³-hybridized carbons (Fsp3) is 0.458. The summed E-state index contributed by atoms with van der Waals surface area (Å²) in [6.45, 7) is 1.44. The lowest BCUT2D eigenvalue weighted by Gasteiger charge is -2.20. The molecule has 0 saturated carbocycles. The Balaban J connectivity index is 1.43. The van der Waals surface area contributed by atoms with Crippen LogP contribution in [0.2, 0.25) is 0 Å². The molecule has 1 aliphatic rings. The molecular formula is C24H29F3N2O3S. The minimum absolute atomic E-state index is 0.164. The van der Waals surface area contributed by atoms with Crippen LogP contribution in [0.5, 0.6) is 0 Å². The fourth-order valence-corrected chi connectivity index (χ4v) is 5.33. The molecule has 0 radical (unpaired) electrons. The largest absolute Gasteiger partial charge is 0.416 e. The maximum absolute atomic E-state index is 12.8. The molecule has 1 amide bonds. The third-order valence-electron chi connectivity index (χ3n) is 5.78. The van der Waals surface area contributed by atoms with Crippen molar-refractivity contribution in [2.45, 2.75) is 56.0 Å². The van der Waals surface area contributed by atoms with Crippen molar-refractivity contribution in [3.63, 3.8) is 0 Å². The van der Waals surface area contributed by atoms with Gasteiger partial charge in [-0.15, -0.1) is 0 Å². The molecule has 5 nitrogen and oxygen atoms in total. The Morgan fingerprint density at radius 1 is 0.848 bits per heavy atom. The van der Waals surface area contributed by atoms with Gasteiger partial charge in [0.05, 0.1) is 10.5 Å². The number of nitrogens with zero attached hydrogens (tertiary/aromatic N) is 1. The third kappa shape index (κ3) is 7.30. The summed E-state index contributed by atoms with van der Waals surface area (Å²) in [6.07, 6.45) is 0.654. The predicted molar refractivity (Wildman–Crippen MR) is 120 cm³/mol. The minimum atomic E-state index is -4.36. The van der Waals surface area contributed by atoms with Gasteiger partial charge in [0, 0.05) is 26.1 Å². The van der Waals surface area contributed by atoms with E-state index in [1.54, 1.807) is 28.6 Å². The summed E-state index contributed by atoms with van der Waals surface area (Å²) in [7, 11) is -3.49. The Kier molecular flexibility index (Phi) is 8.53. The molecule has 3 rings (SSSR count). The van der Waals surface area contributed by atoms with E-state index in [1.165, 1.54) is 12.1 Å². The van der Waals surface area contributed by atoms with E-state index in [2.05, 4.69) is 5.32 Å². The van der Waals surface area contributed by atoms with Gasteiger partial charge in [-0.25, -0.2) is 8.42 Å². The van der Waals surface area contributed by atoms with Gasteiger partial charge in [-0.2, -0.15) is 17.5 Å². The van der Waals surface area contributed by atoms with Crippen molar-refractivity contribution in [1.29, 1.82) is 0 Å². The molecular weight excluding hydrogens is 453 g/mol. The van der Waals surface area contributed by atoms with Gasteiger partial charge in [0.25, 0.3) is 0 Å². The first kappa shape index (κ1) is 25.2. The molecule has 1 aliphatic heterocycles. The normalized spacial score (nSPS) is 15.7. The summed E-state index contributed by atoms with van der Waals surface area (Å²) in [5.41, 5.74) is 0.882. The van der Waals surface area contributed by atoms with Crippen LogP contribution in [0.3, 0.4) is 0 Å². The molecule has 1 saturated heterocycles. The van der Waals surface area contributed by atoms with E-state index in [4.69, 9.17) is 0 Å². The molecule has 0 unspecified atom stereocenters. The van der Waals surface area contributed by atoms with Crippen molar-refractivity contribution < 1.29 is 26.4 Å². The Bertz CT molecular complexity index is 1010. The number of carbonyl (C=O) groups excluding carboxylic acids is 1. The van der Waals surface area contributed by atoms with Crippen LogP contribution >= 0.6 is 0 Å². The number of halogens is 3. The Morgan fingerprint density at radius 2 is 1.39 bits per heavy atom. The number of benzene rings is 2. The number of hydrogen-bond acceptors (Lipinski definition) is 3. The summed E-state index contributed by atoms with van der Waals surface area (Å²) in [4.78, 5) is 12.4. The standard InChI is InChI=1S/C24H29F3N2O3S/c25-24(26,27)21-10-5-20(6-11-21)15-16-28-23(30)14-9-19-7-12-22(13-8-19)33(31,32)29-17-3-1-2-4-18-29/h5-8,10-13H,1-4,9,14-18H2,(H,28,30). The van der Waals surface area contributed by atoms with E-state index < -0.39 is 21.8 Å². The zero-order valence-corrected chi connectivity index (χ0v) is 19.2. The van der Waals surface area contributed by atoms with Gasteiger partial charge in [-0.05, 0) is 61.1 Å². The molecule has 0 aromatic heterocycles. The zero-order chi connectivity index (χ0) is 23.9. The summed E-state index contributed by atoms with van der Waals surface area (Å²) >= 11 is 0. The smallest absolute Gasteiger partial charge is 0.356 e. The molecule has 1 heterocycles. The average Bonchev–Trinajstić information content (AvgIpc) is 3.08. The molecule has 2 aromatic rings. The Morgan fingerprint density at radius 3 is 1.97 bits per heavy atom. The number of nitrogens with one attached hydrogen (secondary N) is 1. The second-order valence-electron chi connectivity index (χ2n) is 8.26. The van der Waals surface area contributed by atoms with Gasteiger partial charge in [0.2, 0.25) is 15.9 Å². The van der Waals surface area contributed by atoms with E-state index in [9.17, 15) is 26.4 Å². The first-order chi connectivity index (χ1) is 15.7. The van der Waals surface area contributed by atoms with Crippen LogP contribution in [-0.4, -0.2) is 38.3 Å². The highest BCUT2D eigenvalue weighted by Crippen LogP contribution is 2.29. The lowest BCUT2D eigenvalue weighted by atomic mass is 10.1.